The zero-order valence-electron chi connectivity index (χ0n) is 17.4. The van der Waals surface area contributed by atoms with Crippen LogP contribution in [0.5, 0.6) is 0 Å². The van der Waals surface area contributed by atoms with Crippen molar-refractivity contribution in [3.63, 3.8) is 0 Å². The smallest absolute Gasteiger partial charge is 0.251 e. The third-order valence-corrected chi connectivity index (χ3v) is 5.52. The number of aromatic nitrogens is 2. The average molecular weight is 415 g/mol. The summed E-state index contributed by atoms with van der Waals surface area (Å²) in [7, 11) is 0. The summed E-state index contributed by atoms with van der Waals surface area (Å²) in [5.41, 5.74) is 2.09. The Morgan fingerprint density at radius 1 is 1.30 bits per heavy atom. The Labute approximate surface area is 174 Å². The molecule has 0 fully saturated rings. The van der Waals surface area contributed by atoms with E-state index in [2.05, 4.69) is 20.6 Å². The minimum atomic E-state index is -0.489. The molecule has 2 amide bonds. The minimum Gasteiger partial charge on any atom is -0.395 e. The highest BCUT2D eigenvalue weighted by molar-refractivity contribution is 5.98. The van der Waals surface area contributed by atoms with Crippen LogP contribution < -0.4 is 15.5 Å². The lowest BCUT2D eigenvalue weighted by Crippen LogP contribution is -2.48. The van der Waals surface area contributed by atoms with Crippen molar-refractivity contribution in [1.29, 1.82) is 0 Å². The lowest BCUT2D eigenvalue weighted by atomic mass is 9.82. The molecule has 1 aliphatic heterocycles. The number of aryl methyl sites for hydroxylation is 1. The summed E-state index contributed by atoms with van der Waals surface area (Å²) in [6.07, 6.45) is 1.11. The number of carbonyl (C=O) groups is 2. The van der Waals surface area contributed by atoms with Gasteiger partial charge in [0.25, 0.3) is 5.91 Å². The highest BCUT2D eigenvalue weighted by Crippen LogP contribution is 2.42. The molecule has 3 atom stereocenters. The normalized spacial score (nSPS) is 20.5. The molecule has 2 aromatic rings. The summed E-state index contributed by atoms with van der Waals surface area (Å²) < 4.78 is 13.6. The first-order chi connectivity index (χ1) is 14.2. The van der Waals surface area contributed by atoms with E-state index >= 15 is 0 Å². The Bertz CT molecular complexity index is 968. The van der Waals surface area contributed by atoms with E-state index in [1.807, 2.05) is 13.8 Å². The first-order valence-corrected chi connectivity index (χ1v) is 9.83. The summed E-state index contributed by atoms with van der Waals surface area (Å²) in [5.74, 6) is -0.682. The predicted octanol–water partition coefficient (Wildman–Crippen LogP) is 2.19. The van der Waals surface area contributed by atoms with Crippen LogP contribution in [0.4, 0.5) is 16.0 Å². The van der Waals surface area contributed by atoms with Gasteiger partial charge in [-0.25, -0.2) is 14.4 Å². The monoisotopic (exact) mass is 415 g/mol. The van der Waals surface area contributed by atoms with Crippen LogP contribution >= 0.6 is 0 Å². The zero-order chi connectivity index (χ0) is 22.0. The van der Waals surface area contributed by atoms with Gasteiger partial charge in [-0.15, -0.1) is 0 Å². The quantitative estimate of drug-likeness (QED) is 0.691. The van der Waals surface area contributed by atoms with Gasteiger partial charge in [-0.3, -0.25) is 9.59 Å². The Morgan fingerprint density at radius 3 is 2.67 bits per heavy atom. The summed E-state index contributed by atoms with van der Waals surface area (Å²) in [5, 5.41) is 14.8. The molecule has 8 nitrogen and oxygen atoms in total. The molecule has 3 N–H and O–H groups in total. The average Bonchev–Trinajstić information content (AvgIpc) is 2.71. The maximum absolute atomic E-state index is 13.6. The van der Waals surface area contributed by atoms with Crippen molar-refractivity contribution in [1.82, 2.24) is 15.3 Å². The van der Waals surface area contributed by atoms with Crippen molar-refractivity contribution in [2.75, 3.05) is 23.4 Å². The Morgan fingerprint density at radius 2 is 2.03 bits per heavy atom. The first-order valence-electron chi connectivity index (χ1n) is 9.83. The number of anilines is 2. The number of amides is 2. The molecule has 0 aliphatic carbocycles. The topological polar surface area (TPSA) is 107 Å². The van der Waals surface area contributed by atoms with E-state index in [9.17, 15) is 14.0 Å². The summed E-state index contributed by atoms with van der Waals surface area (Å²) in [6, 6.07) is 4.70. The zero-order valence-corrected chi connectivity index (χ0v) is 17.4. The SMILES string of the molecule is CC(=O)N1c2ccc(C(=O)NCCO)cc2C(Nc2ncc(F)c(C)n2)C(C)C1C. The number of hydrogen-bond acceptors (Lipinski definition) is 6. The second-order valence-corrected chi connectivity index (χ2v) is 7.49. The molecule has 1 aliphatic rings. The maximum Gasteiger partial charge on any atom is 0.251 e. The van der Waals surface area contributed by atoms with Crippen molar-refractivity contribution in [2.24, 2.45) is 5.92 Å². The van der Waals surface area contributed by atoms with Gasteiger partial charge in [0.15, 0.2) is 5.82 Å². The fourth-order valence-electron chi connectivity index (χ4n) is 3.78. The van der Waals surface area contributed by atoms with Gasteiger partial charge in [-0.05, 0) is 37.6 Å². The Hall–Kier alpha value is -3.07. The molecule has 3 rings (SSSR count). The van der Waals surface area contributed by atoms with Gasteiger partial charge in [-0.1, -0.05) is 6.92 Å². The number of hydrogen-bond donors (Lipinski definition) is 3. The third kappa shape index (κ3) is 4.11. The summed E-state index contributed by atoms with van der Waals surface area (Å²) in [6.45, 7) is 7.01. The number of nitrogens with zero attached hydrogens (tertiary/aromatic N) is 3. The highest BCUT2D eigenvalue weighted by Gasteiger charge is 2.38. The number of rotatable bonds is 5. The number of carbonyl (C=O) groups excluding carboxylic acids is 2. The van der Waals surface area contributed by atoms with E-state index in [0.29, 0.717) is 11.3 Å². The molecule has 1 aromatic heterocycles. The van der Waals surface area contributed by atoms with E-state index in [1.165, 1.54) is 6.92 Å². The van der Waals surface area contributed by atoms with Crippen molar-refractivity contribution in [2.45, 2.75) is 39.8 Å². The molecule has 30 heavy (non-hydrogen) atoms. The standard InChI is InChI=1S/C21H26FN5O3/c1-11-13(3)27(14(4)29)18-6-5-15(20(30)23-7-8-28)9-16(18)19(11)26-21-24-10-17(22)12(2)25-21/h5-6,9-11,13,19,28H,7-8H2,1-4H3,(H,23,30)(H,24,25,26). The lowest BCUT2D eigenvalue weighted by Gasteiger charge is -2.44. The Balaban J connectivity index is 2.05. The molecule has 0 saturated heterocycles. The minimum absolute atomic E-state index is 0.0499. The van der Waals surface area contributed by atoms with E-state index in [-0.39, 0.29) is 54.6 Å². The van der Waals surface area contributed by atoms with E-state index in [0.717, 1.165) is 11.8 Å². The molecule has 9 heteroatoms. The second kappa shape index (κ2) is 8.74. The fourth-order valence-corrected chi connectivity index (χ4v) is 3.78. The van der Waals surface area contributed by atoms with Crippen LogP contribution in [0.3, 0.4) is 0 Å². The van der Waals surface area contributed by atoms with Crippen LogP contribution in [0.15, 0.2) is 24.4 Å². The first kappa shape index (κ1) is 21.6. The van der Waals surface area contributed by atoms with Crippen molar-refractivity contribution in [3.05, 3.63) is 47.0 Å². The fraction of sp³-hybridized carbons (Fsp3) is 0.429. The summed E-state index contributed by atoms with van der Waals surface area (Å²) in [4.78, 5) is 34.7. The molecular formula is C21H26FN5O3. The molecule has 0 radical (unpaired) electrons. The van der Waals surface area contributed by atoms with Crippen molar-refractivity contribution >= 4 is 23.5 Å². The maximum atomic E-state index is 13.6. The number of fused-ring (bicyclic) bond motifs is 1. The number of nitrogens with one attached hydrogen (secondary N) is 2. The second-order valence-electron chi connectivity index (χ2n) is 7.49. The van der Waals surface area contributed by atoms with E-state index in [4.69, 9.17) is 5.11 Å². The van der Waals surface area contributed by atoms with Gasteiger partial charge < -0.3 is 20.6 Å². The number of aliphatic hydroxyl groups excluding tert-OH is 1. The lowest BCUT2D eigenvalue weighted by molar-refractivity contribution is -0.117. The summed E-state index contributed by atoms with van der Waals surface area (Å²) >= 11 is 0. The van der Waals surface area contributed by atoms with Gasteiger partial charge >= 0.3 is 0 Å². The molecule has 1 aromatic carbocycles. The van der Waals surface area contributed by atoms with E-state index < -0.39 is 5.82 Å². The van der Waals surface area contributed by atoms with Gasteiger partial charge in [0.2, 0.25) is 11.9 Å². The highest BCUT2D eigenvalue weighted by atomic mass is 19.1. The van der Waals surface area contributed by atoms with E-state index in [1.54, 1.807) is 30.0 Å². The predicted molar refractivity (Wildman–Crippen MR) is 111 cm³/mol. The van der Waals surface area contributed by atoms with Crippen LogP contribution in [0.1, 0.15) is 48.4 Å². The van der Waals surface area contributed by atoms with Crippen LogP contribution in [-0.4, -0.2) is 46.1 Å². The largest absolute Gasteiger partial charge is 0.395 e. The van der Waals surface area contributed by atoms with Crippen LogP contribution in [0, 0.1) is 18.7 Å². The molecule has 160 valence electrons. The van der Waals surface area contributed by atoms with Gasteiger partial charge in [0.05, 0.1) is 24.5 Å². The van der Waals surface area contributed by atoms with Crippen LogP contribution in [-0.2, 0) is 4.79 Å². The number of benzene rings is 1. The van der Waals surface area contributed by atoms with Crippen molar-refractivity contribution in [3.8, 4) is 0 Å². The van der Waals surface area contributed by atoms with Gasteiger partial charge in [0, 0.05) is 36.7 Å². The molecule has 2 heterocycles. The van der Waals surface area contributed by atoms with Crippen LogP contribution in [0.25, 0.3) is 0 Å². The molecule has 3 unspecified atom stereocenters. The molecule has 0 saturated carbocycles. The van der Waals surface area contributed by atoms with Gasteiger partial charge in [0.1, 0.15) is 0 Å². The number of aliphatic hydroxyl groups is 1. The van der Waals surface area contributed by atoms with Crippen molar-refractivity contribution < 1.29 is 19.1 Å². The van der Waals surface area contributed by atoms with Gasteiger partial charge in [-0.2, -0.15) is 0 Å². The Kier molecular flexibility index (Phi) is 6.31. The number of halogens is 1. The molecule has 0 bridgehead atoms. The molecular weight excluding hydrogens is 389 g/mol. The van der Waals surface area contributed by atoms with Crippen LogP contribution in [0.2, 0.25) is 0 Å². The third-order valence-electron chi connectivity index (χ3n) is 5.52. The molecule has 0 spiro atoms.